The predicted molar refractivity (Wildman–Crippen MR) is 89.4 cm³/mol. The number of methoxy groups -OCH3 is 2. The zero-order chi connectivity index (χ0) is 15.7. The maximum Gasteiger partial charge on any atom is 0.279 e. The van der Waals surface area contributed by atoms with Crippen LogP contribution in [0.3, 0.4) is 0 Å². The fourth-order valence-electron chi connectivity index (χ4n) is 2.65. The third kappa shape index (κ3) is 7.08. The molecule has 0 amide bonds. The summed E-state index contributed by atoms with van der Waals surface area (Å²) in [6, 6.07) is -0.0682. The molecule has 134 valence electrons. The van der Waals surface area contributed by atoms with Gasteiger partial charge in [0.2, 0.25) is 0 Å². The first kappa shape index (κ1) is 22.0. The predicted octanol–water partition coefficient (Wildman–Crippen LogP) is 0.355. The molecule has 1 aliphatic rings. The largest absolute Gasteiger partial charge is 0.383 e. The van der Waals surface area contributed by atoms with E-state index < -0.39 is 10.2 Å². The molecule has 0 aromatic heterocycles. The minimum atomic E-state index is -3.54. The van der Waals surface area contributed by atoms with E-state index in [9.17, 15) is 8.42 Å². The average molecular weight is 360 g/mol. The van der Waals surface area contributed by atoms with Crippen molar-refractivity contribution in [3.63, 3.8) is 0 Å². The fourth-order valence-corrected chi connectivity index (χ4v) is 4.12. The lowest BCUT2D eigenvalue weighted by Crippen LogP contribution is -2.51. The second kappa shape index (κ2) is 11.6. The van der Waals surface area contributed by atoms with Crippen LogP contribution in [0.25, 0.3) is 0 Å². The number of nitrogens with two attached hydrogens (primary N) is 1. The fraction of sp³-hybridized carbons (Fsp3) is 1.00. The lowest BCUT2D eigenvalue weighted by molar-refractivity contribution is 0.149. The standard InChI is InChI=1S/C13H29N3O4S.ClH/c1-19-9-7-16(8-10-20-2)21(17,18)15-13-6-4-3-5-12(13)11-14;/h12-13,15H,3-11,14H2,1-2H3;1H. The van der Waals surface area contributed by atoms with Crippen LogP contribution in [0, 0.1) is 5.92 Å². The van der Waals surface area contributed by atoms with Crippen molar-refractivity contribution in [2.75, 3.05) is 47.1 Å². The van der Waals surface area contributed by atoms with Crippen molar-refractivity contribution in [1.29, 1.82) is 0 Å². The van der Waals surface area contributed by atoms with Crippen LogP contribution < -0.4 is 10.5 Å². The van der Waals surface area contributed by atoms with E-state index in [1.807, 2.05) is 0 Å². The van der Waals surface area contributed by atoms with Gasteiger partial charge in [-0.25, -0.2) is 0 Å². The highest BCUT2D eigenvalue weighted by atomic mass is 35.5. The summed E-state index contributed by atoms with van der Waals surface area (Å²) >= 11 is 0. The molecule has 0 aromatic carbocycles. The van der Waals surface area contributed by atoms with E-state index >= 15 is 0 Å². The number of halogens is 1. The maximum atomic E-state index is 12.5. The Kier molecular flexibility index (Phi) is 11.6. The molecule has 0 saturated heterocycles. The summed E-state index contributed by atoms with van der Waals surface area (Å²) in [5.41, 5.74) is 5.76. The Hall–Kier alpha value is 0.0400. The minimum absolute atomic E-state index is 0. The molecule has 1 aliphatic carbocycles. The summed E-state index contributed by atoms with van der Waals surface area (Å²) in [5, 5.41) is 0. The van der Waals surface area contributed by atoms with Crippen molar-refractivity contribution in [3.8, 4) is 0 Å². The molecule has 1 saturated carbocycles. The summed E-state index contributed by atoms with van der Waals surface area (Å²) in [4.78, 5) is 0. The SMILES string of the molecule is COCCN(CCOC)S(=O)(=O)NC1CCCCC1CN.Cl. The quantitative estimate of drug-likeness (QED) is 0.587. The van der Waals surface area contributed by atoms with Crippen LogP contribution in [0.2, 0.25) is 0 Å². The van der Waals surface area contributed by atoms with Crippen molar-refractivity contribution < 1.29 is 17.9 Å². The van der Waals surface area contributed by atoms with Gasteiger partial charge in [-0.3, -0.25) is 0 Å². The second-order valence-electron chi connectivity index (χ2n) is 5.39. The Bertz CT molecular complexity index is 375. The van der Waals surface area contributed by atoms with Crippen LogP contribution in [0.1, 0.15) is 25.7 Å². The monoisotopic (exact) mass is 359 g/mol. The van der Waals surface area contributed by atoms with E-state index in [-0.39, 0.29) is 24.4 Å². The van der Waals surface area contributed by atoms with Crippen LogP contribution >= 0.6 is 12.4 Å². The number of hydrogen-bond acceptors (Lipinski definition) is 5. The number of ether oxygens (including phenoxy) is 2. The van der Waals surface area contributed by atoms with E-state index in [1.165, 1.54) is 4.31 Å². The molecule has 1 rings (SSSR count). The molecular formula is C13H30ClN3O4S. The summed E-state index contributed by atoms with van der Waals surface area (Å²) < 4.78 is 39.2. The number of rotatable bonds is 10. The number of nitrogens with one attached hydrogen (secondary N) is 1. The summed E-state index contributed by atoms with van der Waals surface area (Å²) in [5.74, 6) is 0.222. The number of nitrogens with zero attached hydrogens (tertiary/aromatic N) is 1. The van der Waals surface area contributed by atoms with Gasteiger partial charge in [-0.05, 0) is 25.3 Å². The Labute approximate surface area is 140 Å². The molecule has 0 heterocycles. The Morgan fingerprint density at radius 3 is 2.18 bits per heavy atom. The van der Waals surface area contributed by atoms with Gasteiger partial charge in [-0.2, -0.15) is 17.4 Å². The van der Waals surface area contributed by atoms with E-state index in [0.29, 0.717) is 32.8 Å². The van der Waals surface area contributed by atoms with Gasteiger partial charge >= 0.3 is 0 Å². The summed E-state index contributed by atoms with van der Waals surface area (Å²) in [6.07, 6.45) is 4.00. The first-order valence-corrected chi connectivity index (χ1v) is 8.94. The Morgan fingerprint density at radius 1 is 1.14 bits per heavy atom. The molecule has 0 aromatic rings. The van der Waals surface area contributed by atoms with Crippen LogP contribution in [0.4, 0.5) is 0 Å². The average Bonchev–Trinajstić information content (AvgIpc) is 2.47. The molecule has 7 nitrogen and oxygen atoms in total. The van der Waals surface area contributed by atoms with Crippen LogP contribution in [-0.4, -0.2) is 65.8 Å². The minimum Gasteiger partial charge on any atom is -0.383 e. The lowest BCUT2D eigenvalue weighted by Gasteiger charge is -2.33. The Balaban J connectivity index is 0.00000441. The van der Waals surface area contributed by atoms with Gasteiger partial charge in [0.05, 0.1) is 13.2 Å². The third-order valence-corrected chi connectivity index (χ3v) is 5.59. The van der Waals surface area contributed by atoms with E-state index in [0.717, 1.165) is 25.7 Å². The van der Waals surface area contributed by atoms with Crippen molar-refractivity contribution in [2.45, 2.75) is 31.7 Å². The lowest BCUT2D eigenvalue weighted by atomic mass is 9.85. The van der Waals surface area contributed by atoms with Gasteiger partial charge in [0.1, 0.15) is 0 Å². The highest BCUT2D eigenvalue weighted by Gasteiger charge is 2.30. The van der Waals surface area contributed by atoms with Gasteiger partial charge in [0.15, 0.2) is 0 Å². The molecule has 0 bridgehead atoms. The smallest absolute Gasteiger partial charge is 0.279 e. The third-order valence-electron chi connectivity index (χ3n) is 3.94. The van der Waals surface area contributed by atoms with Crippen LogP contribution in [-0.2, 0) is 19.7 Å². The van der Waals surface area contributed by atoms with E-state index in [4.69, 9.17) is 15.2 Å². The highest BCUT2D eigenvalue weighted by Crippen LogP contribution is 2.24. The zero-order valence-corrected chi connectivity index (χ0v) is 15.1. The molecule has 2 unspecified atom stereocenters. The van der Waals surface area contributed by atoms with Crippen molar-refractivity contribution in [3.05, 3.63) is 0 Å². The van der Waals surface area contributed by atoms with Crippen molar-refractivity contribution in [1.82, 2.24) is 9.03 Å². The summed E-state index contributed by atoms with van der Waals surface area (Å²) in [6.45, 7) is 1.86. The van der Waals surface area contributed by atoms with Crippen LogP contribution in [0.15, 0.2) is 0 Å². The van der Waals surface area contributed by atoms with Gasteiger partial charge in [-0.15, -0.1) is 12.4 Å². The molecule has 3 N–H and O–H groups in total. The first-order valence-electron chi connectivity index (χ1n) is 7.50. The molecule has 1 fully saturated rings. The summed E-state index contributed by atoms with van der Waals surface area (Å²) in [7, 11) is -0.430. The van der Waals surface area contributed by atoms with E-state index in [1.54, 1.807) is 14.2 Å². The molecule has 2 atom stereocenters. The van der Waals surface area contributed by atoms with Crippen molar-refractivity contribution >= 4 is 22.6 Å². The van der Waals surface area contributed by atoms with Gasteiger partial charge in [0, 0.05) is 33.4 Å². The molecule has 0 radical (unpaired) electrons. The maximum absolute atomic E-state index is 12.5. The molecule has 9 heteroatoms. The van der Waals surface area contributed by atoms with Gasteiger partial charge < -0.3 is 15.2 Å². The highest BCUT2D eigenvalue weighted by molar-refractivity contribution is 7.87. The normalized spacial score (nSPS) is 22.5. The topological polar surface area (TPSA) is 93.9 Å². The van der Waals surface area contributed by atoms with Gasteiger partial charge in [0.25, 0.3) is 10.2 Å². The first-order chi connectivity index (χ1) is 10.0. The van der Waals surface area contributed by atoms with Crippen molar-refractivity contribution in [2.24, 2.45) is 11.7 Å². The molecule has 22 heavy (non-hydrogen) atoms. The molecule has 0 aliphatic heterocycles. The van der Waals surface area contributed by atoms with E-state index in [2.05, 4.69) is 4.72 Å². The second-order valence-corrected chi connectivity index (χ2v) is 7.10. The molecule has 0 spiro atoms. The van der Waals surface area contributed by atoms with Crippen LogP contribution in [0.5, 0.6) is 0 Å². The molecular weight excluding hydrogens is 330 g/mol. The zero-order valence-electron chi connectivity index (χ0n) is 13.5. The Morgan fingerprint density at radius 2 is 1.68 bits per heavy atom. The number of hydrogen-bond donors (Lipinski definition) is 2. The van der Waals surface area contributed by atoms with Gasteiger partial charge in [-0.1, -0.05) is 12.8 Å².